The standard InChI is InChI=1S/C76H134O6/c1-4-7-10-13-16-19-22-25-28-31-34-35-36-37-38-39-40-41-43-45-48-51-54-57-60-63-66-69-75(78)81-72-73(71-80-74(77)68-65-62-59-56-53-50-47-44-33-30-27-24-21-18-15-12-9-6-3)82-76(79)70-67-64-61-58-55-52-49-46-42-32-29-26-23-20-17-14-11-8-5-2/h7,10,16,19,25,28,30,33-35,37-38,40-41,73H,4-6,8-9,11-15,17-18,20-24,26-27,29,31-32,36,39,42-72H2,1-3H3/b10-7-,19-16-,28-25-,33-30-,35-34-,38-37-,41-40-. The minimum absolute atomic E-state index is 0.0774. The quantitative estimate of drug-likeness (QED) is 0.0261. The Morgan fingerprint density at radius 1 is 0.256 bits per heavy atom. The predicted molar refractivity (Wildman–Crippen MR) is 358 cm³/mol. The molecule has 0 aromatic rings. The summed E-state index contributed by atoms with van der Waals surface area (Å²) in [6, 6.07) is 0. The largest absolute Gasteiger partial charge is 0.462 e. The van der Waals surface area contributed by atoms with Gasteiger partial charge in [0.25, 0.3) is 0 Å². The molecule has 0 aliphatic heterocycles. The molecule has 0 saturated heterocycles. The molecule has 82 heavy (non-hydrogen) atoms. The van der Waals surface area contributed by atoms with Gasteiger partial charge in [-0.25, -0.2) is 0 Å². The Labute approximate surface area is 509 Å². The second kappa shape index (κ2) is 70.1. The van der Waals surface area contributed by atoms with E-state index < -0.39 is 6.10 Å². The third-order valence-corrected chi connectivity index (χ3v) is 15.6. The first kappa shape index (κ1) is 78.6. The number of allylic oxidation sites excluding steroid dienone is 14. The van der Waals surface area contributed by atoms with Crippen LogP contribution in [0.25, 0.3) is 0 Å². The van der Waals surface area contributed by atoms with E-state index in [4.69, 9.17) is 14.2 Å². The molecule has 0 rings (SSSR count). The monoisotopic (exact) mass is 1140 g/mol. The zero-order valence-corrected chi connectivity index (χ0v) is 54.5. The van der Waals surface area contributed by atoms with Crippen LogP contribution in [0.2, 0.25) is 0 Å². The molecule has 0 aliphatic rings. The first-order chi connectivity index (χ1) is 40.5. The van der Waals surface area contributed by atoms with Crippen molar-refractivity contribution < 1.29 is 28.6 Å². The van der Waals surface area contributed by atoms with Gasteiger partial charge in [-0.15, -0.1) is 0 Å². The molecule has 0 amide bonds. The van der Waals surface area contributed by atoms with Crippen molar-refractivity contribution in [2.24, 2.45) is 0 Å². The summed E-state index contributed by atoms with van der Waals surface area (Å²) < 4.78 is 17.0. The summed E-state index contributed by atoms with van der Waals surface area (Å²) >= 11 is 0. The van der Waals surface area contributed by atoms with Gasteiger partial charge in [0, 0.05) is 19.3 Å². The Kier molecular flexibility index (Phi) is 67.2. The van der Waals surface area contributed by atoms with Crippen LogP contribution in [0, 0.1) is 0 Å². The Morgan fingerprint density at radius 2 is 0.476 bits per heavy atom. The Balaban J connectivity index is 4.35. The van der Waals surface area contributed by atoms with Crippen LogP contribution in [-0.4, -0.2) is 37.2 Å². The van der Waals surface area contributed by atoms with Crippen molar-refractivity contribution in [1.29, 1.82) is 0 Å². The van der Waals surface area contributed by atoms with Gasteiger partial charge < -0.3 is 14.2 Å². The van der Waals surface area contributed by atoms with Gasteiger partial charge >= 0.3 is 17.9 Å². The predicted octanol–water partition coefficient (Wildman–Crippen LogP) is 24.6. The van der Waals surface area contributed by atoms with E-state index in [2.05, 4.69) is 106 Å². The summed E-state index contributed by atoms with van der Waals surface area (Å²) in [5, 5.41) is 0. The van der Waals surface area contributed by atoms with E-state index in [0.29, 0.717) is 19.3 Å². The molecule has 6 heteroatoms. The third-order valence-electron chi connectivity index (χ3n) is 15.6. The Hall–Kier alpha value is -3.41. The second-order valence-electron chi connectivity index (χ2n) is 23.8. The van der Waals surface area contributed by atoms with E-state index in [-0.39, 0.29) is 31.1 Å². The van der Waals surface area contributed by atoms with Gasteiger partial charge in [-0.1, -0.05) is 331 Å². The fourth-order valence-corrected chi connectivity index (χ4v) is 10.3. The highest BCUT2D eigenvalue weighted by Crippen LogP contribution is 2.18. The number of rotatable bonds is 65. The lowest BCUT2D eigenvalue weighted by molar-refractivity contribution is -0.167. The molecule has 0 N–H and O–H groups in total. The minimum Gasteiger partial charge on any atom is -0.462 e. The lowest BCUT2D eigenvalue weighted by Crippen LogP contribution is -2.30. The molecule has 0 fully saturated rings. The average Bonchev–Trinajstić information content (AvgIpc) is 3.47. The van der Waals surface area contributed by atoms with Crippen LogP contribution < -0.4 is 0 Å². The molecule has 0 heterocycles. The zero-order valence-electron chi connectivity index (χ0n) is 54.5. The van der Waals surface area contributed by atoms with Crippen LogP contribution in [-0.2, 0) is 28.6 Å². The number of ether oxygens (including phenoxy) is 3. The summed E-state index contributed by atoms with van der Waals surface area (Å²) in [7, 11) is 0. The highest BCUT2D eigenvalue weighted by Gasteiger charge is 2.19. The summed E-state index contributed by atoms with van der Waals surface area (Å²) in [5.41, 5.74) is 0. The highest BCUT2D eigenvalue weighted by molar-refractivity contribution is 5.71. The topological polar surface area (TPSA) is 78.9 Å². The van der Waals surface area contributed by atoms with Gasteiger partial charge in [-0.05, 0) is 96.3 Å². The molecular weight excluding hydrogens is 1010 g/mol. The lowest BCUT2D eigenvalue weighted by atomic mass is 10.0. The van der Waals surface area contributed by atoms with Gasteiger partial charge in [0.2, 0.25) is 0 Å². The van der Waals surface area contributed by atoms with Crippen molar-refractivity contribution >= 4 is 17.9 Å². The third kappa shape index (κ3) is 67.4. The molecule has 474 valence electrons. The van der Waals surface area contributed by atoms with E-state index >= 15 is 0 Å². The lowest BCUT2D eigenvalue weighted by Gasteiger charge is -2.18. The van der Waals surface area contributed by atoms with Crippen LogP contribution in [0.15, 0.2) is 85.1 Å². The van der Waals surface area contributed by atoms with E-state index in [0.717, 1.165) is 103 Å². The second-order valence-corrected chi connectivity index (χ2v) is 23.8. The summed E-state index contributed by atoms with van der Waals surface area (Å²) in [4.78, 5) is 38.5. The molecule has 1 unspecified atom stereocenters. The molecule has 0 radical (unpaired) electrons. The van der Waals surface area contributed by atoms with Gasteiger partial charge in [-0.3, -0.25) is 14.4 Å². The molecule has 6 nitrogen and oxygen atoms in total. The summed E-state index contributed by atoms with van der Waals surface area (Å²) in [6.07, 6.45) is 93.1. The number of esters is 3. The maximum absolute atomic E-state index is 13.0. The maximum atomic E-state index is 13.0. The van der Waals surface area contributed by atoms with Crippen molar-refractivity contribution in [2.75, 3.05) is 13.2 Å². The van der Waals surface area contributed by atoms with Gasteiger partial charge in [0.05, 0.1) is 0 Å². The van der Waals surface area contributed by atoms with E-state index in [1.807, 2.05) is 0 Å². The van der Waals surface area contributed by atoms with Gasteiger partial charge in [0.15, 0.2) is 6.10 Å². The fourth-order valence-electron chi connectivity index (χ4n) is 10.3. The van der Waals surface area contributed by atoms with Crippen molar-refractivity contribution in [3.05, 3.63) is 85.1 Å². The summed E-state index contributed by atoms with van der Waals surface area (Å²) in [6.45, 7) is 6.57. The van der Waals surface area contributed by atoms with Crippen molar-refractivity contribution in [1.82, 2.24) is 0 Å². The zero-order chi connectivity index (χ0) is 59.2. The number of hydrogen-bond donors (Lipinski definition) is 0. The first-order valence-corrected chi connectivity index (χ1v) is 35.6. The van der Waals surface area contributed by atoms with Crippen molar-refractivity contribution in [2.45, 2.75) is 367 Å². The SMILES string of the molecule is CC/C=C\C/C=C\C/C=C\C/C=C\C/C=C\C/C=C\CCCCCCCCCCC(=O)OCC(COC(=O)CCCCCCCCC/C=C\CCCCCCCCC)OC(=O)CCCCCCCCCCCCCCCCCCCCC. The average molecular weight is 1140 g/mol. The number of carbonyl (C=O) groups excluding carboxylic acids is 3. The molecule has 0 bridgehead atoms. The van der Waals surface area contributed by atoms with Crippen molar-refractivity contribution in [3.8, 4) is 0 Å². The van der Waals surface area contributed by atoms with Gasteiger partial charge in [0.1, 0.15) is 13.2 Å². The highest BCUT2D eigenvalue weighted by atomic mass is 16.6. The van der Waals surface area contributed by atoms with Crippen LogP contribution in [0.5, 0.6) is 0 Å². The van der Waals surface area contributed by atoms with E-state index in [1.165, 1.54) is 218 Å². The Morgan fingerprint density at radius 3 is 0.756 bits per heavy atom. The smallest absolute Gasteiger partial charge is 0.306 e. The molecule has 0 aromatic heterocycles. The molecule has 0 spiro atoms. The van der Waals surface area contributed by atoms with Crippen LogP contribution in [0.4, 0.5) is 0 Å². The molecule has 0 aliphatic carbocycles. The van der Waals surface area contributed by atoms with E-state index in [9.17, 15) is 14.4 Å². The molecule has 1 atom stereocenters. The summed E-state index contributed by atoms with van der Waals surface area (Å²) in [5.74, 6) is -0.868. The first-order valence-electron chi connectivity index (χ1n) is 35.6. The van der Waals surface area contributed by atoms with Crippen LogP contribution in [0.3, 0.4) is 0 Å². The van der Waals surface area contributed by atoms with Crippen LogP contribution >= 0.6 is 0 Å². The van der Waals surface area contributed by atoms with Crippen molar-refractivity contribution in [3.63, 3.8) is 0 Å². The number of hydrogen-bond acceptors (Lipinski definition) is 6. The normalized spacial score (nSPS) is 12.6. The molecule has 0 saturated carbocycles. The van der Waals surface area contributed by atoms with Gasteiger partial charge in [-0.2, -0.15) is 0 Å². The maximum Gasteiger partial charge on any atom is 0.306 e. The number of unbranched alkanes of at least 4 members (excludes halogenated alkanes) is 40. The molecular formula is C76H134O6. The number of carbonyl (C=O) groups is 3. The van der Waals surface area contributed by atoms with E-state index in [1.54, 1.807) is 0 Å². The minimum atomic E-state index is -0.782. The molecule has 0 aromatic carbocycles. The van der Waals surface area contributed by atoms with Crippen LogP contribution in [0.1, 0.15) is 361 Å². The fraction of sp³-hybridized carbons (Fsp3) is 0.776. The Bertz CT molecular complexity index is 1550.